The molecule has 0 aliphatic rings. The summed E-state index contributed by atoms with van der Waals surface area (Å²) in [5.41, 5.74) is 1.15. The number of nitrogens with one attached hydrogen (secondary N) is 1. The van der Waals surface area contributed by atoms with Crippen molar-refractivity contribution in [2.75, 3.05) is 4.72 Å². The number of hydrogen-bond acceptors (Lipinski definition) is 5. The van der Waals surface area contributed by atoms with Crippen LogP contribution in [0.3, 0.4) is 0 Å². The van der Waals surface area contributed by atoms with Gasteiger partial charge in [0.2, 0.25) is 0 Å². The van der Waals surface area contributed by atoms with Crippen molar-refractivity contribution < 1.29 is 21.6 Å². The van der Waals surface area contributed by atoms with Crippen LogP contribution in [-0.4, -0.2) is 32.6 Å². The average Bonchev–Trinajstić information content (AvgIpc) is 3.43. The normalized spacial score (nSPS) is 11.8. The van der Waals surface area contributed by atoms with E-state index in [2.05, 4.69) is 19.8 Å². The third-order valence-electron chi connectivity index (χ3n) is 5.41. The van der Waals surface area contributed by atoms with Crippen LogP contribution in [0.2, 0.25) is 0 Å². The fraction of sp³-hybridized carbons (Fsp3) is 0.0870. The number of sulfonamides is 1. The van der Waals surface area contributed by atoms with E-state index in [-0.39, 0.29) is 11.3 Å². The summed E-state index contributed by atoms with van der Waals surface area (Å²) < 4.78 is 74.6. The maximum absolute atomic E-state index is 15.4. The summed E-state index contributed by atoms with van der Waals surface area (Å²) in [6, 6.07) is 7.63. The molecule has 0 unspecified atom stereocenters. The van der Waals surface area contributed by atoms with Gasteiger partial charge in [0.25, 0.3) is 10.0 Å². The van der Waals surface area contributed by atoms with Gasteiger partial charge < -0.3 is 4.40 Å². The van der Waals surface area contributed by atoms with Crippen LogP contribution in [0.1, 0.15) is 5.69 Å². The Morgan fingerprint density at radius 2 is 1.83 bits per heavy atom. The molecule has 4 aromatic heterocycles. The number of nitrogens with zero attached hydrogens (tertiary/aromatic N) is 5. The van der Waals surface area contributed by atoms with Gasteiger partial charge in [-0.15, -0.1) is 0 Å². The third-order valence-corrected chi connectivity index (χ3v) is 6.89. The Bertz CT molecular complexity index is 1710. The Hall–Kier alpha value is -4.19. The molecule has 0 bridgehead atoms. The maximum atomic E-state index is 15.4. The van der Waals surface area contributed by atoms with Crippen LogP contribution in [0, 0.1) is 24.4 Å². The lowest BCUT2D eigenvalue weighted by atomic mass is 10.0. The minimum atomic E-state index is -4.40. The van der Waals surface area contributed by atoms with Crippen LogP contribution >= 0.6 is 0 Å². The molecule has 0 aliphatic heterocycles. The second kappa shape index (κ2) is 8.24. The molecule has 0 radical (unpaired) electrons. The molecule has 5 rings (SSSR count). The lowest BCUT2D eigenvalue weighted by molar-refractivity contribution is 0.584. The Morgan fingerprint density at radius 3 is 2.57 bits per heavy atom. The monoisotopic (exact) mass is 498 g/mol. The molecule has 0 spiro atoms. The van der Waals surface area contributed by atoms with Gasteiger partial charge in [0.1, 0.15) is 34.2 Å². The van der Waals surface area contributed by atoms with Gasteiger partial charge in [-0.2, -0.15) is 5.10 Å². The van der Waals surface area contributed by atoms with Crippen molar-refractivity contribution in [1.29, 1.82) is 0 Å². The van der Waals surface area contributed by atoms with Crippen LogP contribution in [0.15, 0.2) is 66.2 Å². The van der Waals surface area contributed by atoms with E-state index in [4.69, 9.17) is 0 Å². The first-order chi connectivity index (χ1) is 16.6. The van der Waals surface area contributed by atoms with Crippen molar-refractivity contribution in [3.05, 3.63) is 84.5 Å². The molecule has 35 heavy (non-hydrogen) atoms. The zero-order valence-electron chi connectivity index (χ0n) is 18.4. The number of imidazole rings is 1. The summed E-state index contributed by atoms with van der Waals surface area (Å²) in [4.78, 5) is 7.57. The number of anilines is 1. The van der Waals surface area contributed by atoms with E-state index >= 15 is 4.39 Å². The topological polar surface area (TPSA) is 94.2 Å². The fourth-order valence-corrected chi connectivity index (χ4v) is 5.01. The molecule has 12 heteroatoms. The quantitative estimate of drug-likeness (QED) is 0.390. The minimum Gasteiger partial charge on any atom is -0.305 e. The zero-order valence-corrected chi connectivity index (χ0v) is 19.2. The van der Waals surface area contributed by atoms with Gasteiger partial charge >= 0.3 is 0 Å². The number of rotatable bonds is 5. The molecule has 0 amide bonds. The van der Waals surface area contributed by atoms with Gasteiger partial charge in [-0.1, -0.05) is 6.07 Å². The average molecular weight is 498 g/mol. The van der Waals surface area contributed by atoms with Crippen LogP contribution in [0.5, 0.6) is 0 Å². The second-order valence-electron chi connectivity index (χ2n) is 7.80. The van der Waals surface area contributed by atoms with Crippen molar-refractivity contribution in [2.45, 2.75) is 11.8 Å². The maximum Gasteiger partial charge on any atom is 0.263 e. The van der Waals surface area contributed by atoms with Crippen molar-refractivity contribution in [3.8, 4) is 22.5 Å². The highest BCUT2D eigenvalue weighted by molar-refractivity contribution is 7.92. The van der Waals surface area contributed by atoms with E-state index in [9.17, 15) is 17.2 Å². The largest absolute Gasteiger partial charge is 0.305 e. The molecule has 5 aromatic rings. The third kappa shape index (κ3) is 4.01. The van der Waals surface area contributed by atoms with E-state index in [1.54, 1.807) is 34.5 Å². The predicted molar refractivity (Wildman–Crippen MR) is 122 cm³/mol. The number of fused-ring (bicyclic) bond motifs is 1. The Labute approximate surface area is 197 Å². The van der Waals surface area contributed by atoms with E-state index in [0.717, 1.165) is 24.4 Å². The molecule has 0 aliphatic carbocycles. The van der Waals surface area contributed by atoms with Crippen LogP contribution in [0.25, 0.3) is 28.0 Å². The minimum absolute atomic E-state index is 0.0240. The number of benzene rings is 1. The Kier molecular flexibility index (Phi) is 5.32. The van der Waals surface area contributed by atoms with Crippen molar-refractivity contribution in [1.82, 2.24) is 24.1 Å². The van der Waals surface area contributed by atoms with Gasteiger partial charge in [0.05, 0.1) is 28.7 Å². The first kappa shape index (κ1) is 22.6. The van der Waals surface area contributed by atoms with Gasteiger partial charge in [0.15, 0.2) is 5.82 Å². The summed E-state index contributed by atoms with van der Waals surface area (Å²) in [5, 5.41) is 4.32. The molecule has 0 saturated heterocycles. The second-order valence-corrected chi connectivity index (χ2v) is 9.46. The summed E-state index contributed by atoms with van der Waals surface area (Å²) in [6.07, 6.45) is 5.62. The SMILES string of the molecule is Cc1ncc(F)cc1S(=O)(=O)Nc1ccc(F)c(-c2ccc3c(-c4ccn(C)n4)ncn3c2)c1F. The highest BCUT2D eigenvalue weighted by Gasteiger charge is 2.23. The molecule has 0 fully saturated rings. The lowest BCUT2D eigenvalue weighted by Crippen LogP contribution is -2.16. The van der Waals surface area contributed by atoms with E-state index in [1.165, 1.54) is 25.5 Å². The standard InChI is InChI=1S/C23H17F3N6O2S/c1-13-20(9-15(24)10-27-13)35(33,34)30-17-5-4-16(25)21(22(17)26)14-3-6-19-23(28-12-32(19)11-14)18-7-8-31(2)29-18/h3-12,30H,1-2H3. The van der Waals surface area contributed by atoms with Crippen LogP contribution < -0.4 is 4.72 Å². The van der Waals surface area contributed by atoms with Crippen LogP contribution in [0.4, 0.5) is 18.9 Å². The van der Waals surface area contributed by atoms with Crippen molar-refractivity contribution >= 4 is 21.2 Å². The molecule has 1 N–H and O–H groups in total. The van der Waals surface area contributed by atoms with Gasteiger partial charge in [0, 0.05) is 25.0 Å². The summed E-state index contributed by atoms with van der Waals surface area (Å²) in [6.45, 7) is 1.38. The molecular formula is C23H17F3N6O2S. The lowest BCUT2D eigenvalue weighted by Gasteiger charge is -2.14. The van der Waals surface area contributed by atoms with Crippen molar-refractivity contribution in [3.63, 3.8) is 0 Å². The fourth-order valence-electron chi connectivity index (χ4n) is 3.74. The van der Waals surface area contributed by atoms with E-state index in [0.29, 0.717) is 16.9 Å². The van der Waals surface area contributed by atoms with E-state index < -0.39 is 43.6 Å². The smallest absolute Gasteiger partial charge is 0.263 e. The Morgan fingerprint density at radius 1 is 1.03 bits per heavy atom. The van der Waals surface area contributed by atoms with Crippen molar-refractivity contribution in [2.24, 2.45) is 7.05 Å². The van der Waals surface area contributed by atoms with E-state index in [1.807, 2.05) is 0 Å². The molecule has 0 atom stereocenters. The van der Waals surface area contributed by atoms with Gasteiger partial charge in [-0.3, -0.25) is 14.4 Å². The zero-order chi connectivity index (χ0) is 24.9. The molecule has 4 heterocycles. The number of aryl methyl sites for hydroxylation is 2. The predicted octanol–water partition coefficient (Wildman–Crippen LogP) is 4.32. The molecular weight excluding hydrogens is 481 g/mol. The van der Waals surface area contributed by atoms with Gasteiger partial charge in [-0.05, 0) is 37.3 Å². The Balaban J connectivity index is 1.56. The first-order valence-corrected chi connectivity index (χ1v) is 11.7. The number of halogens is 3. The molecule has 1 aromatic carbocycles. The first-order valence-electron chi connectivity index (χ1n) is 10.2. The van der Waals surface area contributed by atoms with Gasteiger partial charge in [-0.25, -0.2) is 26.6 Å². The molecule has 8 nitrogen and oxygen atoms in total. The molecule has 0 saturated carbocycles. The van der Waals surface area contributed by atoms with Crippen LogP contribution in [-0.2, 0) is 17.1 Å². The molecule has 178 valence electrons. The summed E-state index contributed by atoms with van der Waals surface area (Å²) in [7, 11) is -2.62. The summed E-state index contributed by atoms with van der Waals surface area (Å²) in [5.74, 6) is -2.88. The highest BCUT2D eigenvalue weighted by Crippen LogP contribution is 2.33. The number of pyridine rings is 2. The highest BCUT2D eigenvalue weighted by atomic mass is 32.2. The summed E-state index contributed by atoms with van der Waals surface area (Å²) >= 11 is 0. The number of hydrogen-bond donors (Lipinski definition) is 1. The number of aromatic nitrogens is 5.